The molecule has 0 aliphatic carbocycles. The highest BCUT2D eigenvalue weighted by atomic mass is 32.1. The Morgan fingerprint density at radius 1 is 1.36 bits per heavy atom. The molecule has 1 aromatic carbocycles. The Morgan fingerprint density at radius 3 is 2.80 bits per heavy atom. The molecule has 3 N–H and O–H groups in total. The van der Waals surface area contributed by atoms with E-state index in [1.807, 2.05) is 36.5 Å². The zero-order valence-corrected chi connectivity index (χ0v) is 15.0. The topological polar surface area (TPSA) is 84.4 Å². The number of nitrogens with zero attached hydrogens (tertiary/aromatic N) is 3. The Bertz CT molecular complexity index is 719. The molecule has 1 aromatic heterocycles. The van der Waals surface area contributed by atoms with Crippen LogP contribution in [0.3, 0.4) is 0 Å². The minimum Gasteiger partial charge on any atom is -0.396 e. The van der Waals surface area contributed by atoms with E-state index in [0.29, 0.717) is 31.7 Å². The summed E-state index contributed by atoms with van der Waals surface area (Å²) in [6.45, 7) is 1.37. The van der Waals surface area contributed by atoms with E-state index in [1.54, 1.807) is 4.90 Å². The van der Waals surface area contributed by atoms with E-state index in [0.717, 1.165) is 17.1 Å². The third kappa shape index (κ3) is 3.73. The lowest BCUT2D eigenvalue weighted by Gasteiger charge is -2.37. The minimum absolute atomic E-state index is 0.0867. The maximum absolute atomic E-state index is 12.6. The molecule has 1 aliphatic rings. The average Bonchev–Trinajstić information content (AvgIpc) is 3.10. The van der Waals surface area contributed by atoms with Crippen molar-refractivity contribution in [3.63, 3.8) is 0 Å². The van der Waals surface area contributed by atoms with Crippen LogP contribution in [0, 0.1) is 0 Å². The molecule has 0 bridgehead atoms. The van der Waals surface area contributed by atoms with Crippen molar-refractivity contribution < 1.29 is 9.90 Å². The first-order valence-electron chi connectivity index (χ1n) is 8.56. The average molecular weight is 360 g/mol. The smallest absolute Gasteiger partial charge is 0.241 e. The lowest BCUT2D eigenvalue weighted by Crippen LogP contribution is -2.50. The van der Waals surface area contributed by atoms with Crippen LogP contribution in [0.15, 0.2) is 36.5 Å². The zero-order valence-electron chi connectivity index (χ0n) is 14.1. The van der Waals surface area contributed by atoms with Crippen molar-refractivity contribution in [2.45, 2.75) is 31.5 Å². The number of amides is 1. The van der Waals surface area contributed by atoms with Crippen molar-refractivity contribution in [1.29, 1.82) is 0 Å². The molecule has 7 heteroatoms. The number of carbonyl (C=O) groups is 1. The van der Waals surface area contributed by atoms with E-state index in [2.05, 4.69) is 17.2 Å². The summed E-state index contributed by atoms with van der Waals surface area (Å²) >= 11 is 4.15. The van der Waals surface area contributed by atoms with Crippen LogP contribution in [0.2, 0.25) is 0 Å². The summed E-state index contributed by atoms with van der Waals surface area (Å²) in [5.41, 5.74) is 7.86. The van der Waals surface area contributed by atoms with Gasteiger partial charge < -0.3 is 20.3 Å². The largest absolute Gasteiger partial charge is 0.396 e. The van der Waals surface area contributed by atoms with Gasteiger partial charge in [-0.1, -0.05) is 30.3 Å². The number of thiol groups is 1. The van der Waals surface area contributed by atoms with E-state index in [-0.39, 0.29) is 18.6 Å². The van der Waals surface area contributed by atoms with Gasteiger partial charge in [-0.15, -0.1) is 0 Å². The summed E-state index contributed by atoms with van der Waals surface area (Å²) in [5, 5.41) is 9.24. The van der Waals surface area contributed by atoms with Crippen LogP contribution in [-0.4, -0.2) is 50.4 Å². The number of carbonyl (C=O) groups excluding carboxylic acids is 1. The molecule has 2 aromatic rings. The number of nitrogens with two attached hydrogens (primary N) is 1. The number of fused-ring (bicyclic) bond motifs is 1. The Kier molecular flexibility index (Phi) is 5.78. The second-order valence-electron chi connectivity index (χ2n) is 6.25. The first-order chi connectivity index (χ1) is 12.2. The number of aliphatic hydroxyl groups excluding tert-OH is 1. The maximum Gasteiger partial charge on any atom is 0.241 e. The molecule has 134 valence electrons. The Labute approximate surface area is 153 Å². The van der Waals surface area contributed by atoms with Gasteiger partial charge in [0.25, 0.3) is 0 Å². The predicted octanol–water partition coefficient (Wildman–Crippen LogP) is 1.46. The normalized spacial score (nSPS) is 18.0. The SMILES string of the molecule is N[C@@H](CS)C(=O)N1CCn2cc(-c3ccccc3)nc2[C@@H]1CCCO. The van der Waals surface area contributed by atoms with Crippen molar-refractivity contribution >= 4 is 18.5 Å². The molecule has 0 unspecified atom stereocenters. The summed E-state index contributed by atoms with van der Waals surface area (Å²) in [4.78, 5) is 19.2. The van der Waals surface area contributed by atoms with E-state index in [1.165, 1.54) is 0 Å². The van der Waals surface area contributed by atoms with Crippen LogP contribution < -0.4 is 5.73 Å². The molecular formula is C18H24N4O2S. The van der Waals surface area contributed by atoms with E-state index in [9.17, 15) is 9.90 Å². The molecule has 0 spiro atoms. The maximum atomic E-state index is 12.6. The van der Waals surface area contributed by atoms with Crippen LogP contribution in [-0.2, 0) is 11.3 Å². The van der Waals surface area contributed by atoms with Crippen molar-refractivity contribution in [3.05, 3.63) is 42.4 Å². The highest BCUT2D eigenvalue weighted by Gasteiger charge is 2.34. The van der Waals surface area contributed by atoms with Gasteiger partial charge in [-0.3, -0.25) is 4.79 Å². The molecule has 0 saturated heterocycles. The first-order valence-corrected chi connectivity index (χ1v) is 9.19. The number of benzene rings is 1. The summed E-state index contributed by atoms with van der Waals surface area (Å²) in [6.07, 6.45) is 3.31. The number of aliphatic hydroxyl groups is 1. The number of rotatable bonds is 6. The van der Waals surface area contributed by atoms with Crippen LogP contribution in [0.25, 0.3) is 11.3 Å². The van der Waals surface area contributed by atoms with Crippen molar-refractivity contribution in [2.75, 3.05) is 18.9 Å². The predicted molar refractivity (Wildman–Crippen MR) is 100 cm³/mol. The highest BCUT2D eigenvalue weighted by molar-refractivity contribution is 7.80. The van der Waals surface area contributed by atoms with Gasteiger partial charge in [0.15, 0.2) is 0 Å². The molecule has 3 rings (SSSR count). The molecule has 0 radical (unpaired) electrons. The molecule has 0 saturated carbocycles. The second-order valence-corrected chi connectivity index (χ2v) is 6.61. The van der Waals surface area contributed by atoms with Crippen LogP contribution in [0.4, 0.5) is 0 Å². The van der Waals surface area contributed by atoms with E-state index in [4.69, 9.17) is 10.7 Å². The zero-order chi connectivity index (χ0) is 17.8. The quantitative estimate of drug-likeness (QED) is 0.681. The Morgan fingerprint density at radius 2 is 2.12 bits per heavy atom. The highest BCUT2D eigenvalue weighted by Crippen LogP contribution is 2.32. The van der Waals surface area contributed by atoms with E-state index < -0.39 is 6.04 Å². The Hall–Kier alpha value is -1.83. The van der Waals surface area contributed by atoms with Gasteiger partial charge in [-0.2, -0.15) is 12.6 Å². The molecule has 6 nitrogen and oxygen atoms in total. The standard InChI is InChI=1S/C18H24N4O2S/c19-14(12-25)18(24)22-9-8-21-11-15(13-5-2-1-3-6-13)20-17(21)16(22)7-4-10-23/h1-3,5-6,11,14,16,23,25H,4,7-10,12,19H2/t14-,16-/m0/s1. The van der Waals surface area contributed by atoms with Gasteiger partial charge in [0.2, 0.25) is 5.91 Å². The monoisotopic (exact) mass is 360 g/mol. The summed E-state index contributed by atoms with van der Waals surface area (Å²) in [7, 11) is 0. The van der Waals surface area contributed by atoms with Gasteiger partial charge in [-0.05, 0) is 12.8 Å². The third-order valence-electron chi connectivity index (χ3n) is 4.57. The molecule has 2 heterocycles. The minimum atomic E-state index is -0.616. The fourth-order valence-corrected chi connectivity index (χ4v) is 3.41. The van der Waals surface area contributed by atoms with Crippen molar-refractivity contribution in [3.8, 4) is 11.3 Å². The molecule has 2 atom stereocenters. The van der Waals surface area contributed by atoms with Gasteiger partial charge >= 0.3 is 0 Å². The number of hydrogen-bond acceptors (Lipinski definition) is 5. The number of hydrogen-bond donors (Lipinski definition) is 3. The fraction of sp³-hybridized carbons (Fsp3) is 0.444. The molecule has 1 aliphatic heterocycles. The second kappa shape index (κ2) is 8.03. The van der Waals surface area contributed by atoms with Crippen LogP contribution >= 0.6 is 12.6 Å². The van der Waals surface area contributed by atoms with Gasteiger partial charge in [0.05, 0.1) is 17.8 Å². The number of aromatic nitrogens is 2. The Balaban J connectivity index is 1.93. The van der Waals surface area contributed by atoms with Gasteiger partial charge in [-0.25, -0.2) is 4.98 Å². The van der Waals surface area contributed by atoms with Crippen LogP contribution in [0.1, 0.15) is 24.7 Å². The fourth-order valence-electron chi connectivity index (χ4n) is 3.26. The molecule has 0 fully saturated rings. The van der Waals surface area contributed by atoms with E-state index >= 15 is 0 Å². The van der Waals surface area contributed by atoms with Gasteiger partial charge in [0.1, 0.15) is 5.82 Å². The molecule has 25 heavy (non-hydrogen) atoms. The summed E-state index contributed by atoms with van der Waals surface area (Å²) < 4.78 is 2.11. The number of imidazole rings is 1. The lowest BCUT2D eigenvalue weighted by atomic mass is 10.1. The molecule has 1 amide bonds. The van der Waals surface area contributed by atoms with Crippen molar-refractivity contribution in [2.24, 2.45) is 5.73 Å². The summed E-state index contributed by atoms with van der Waals surface area (Å²) in [5.74, 6) is 1.07. The molecular weight excluding hydrogens is 336 g/mol. The van der Waals surface area contributed by atoms with Gasteiger partial charge in [0, 0.05) is 37.2 Å². The van der Waals surface area contributed by atoms with Crippen LogP contribution in [0.5, 0.6) is 0 Å². The van der Waals surface area contributed by atoms with Crippen molar-refractivity contribution in [1.82, 2.24) is 14.5 Å². The lowest BCUT2D eigenvalue weighted by molar-refractivity contribution is -0.136. The third-order valence-corrected chi connectivity index (χ3v) is 4.96. The first kappa shape index (κ1) is 18.0. The summed E-state index contributed by atoms with van der Waals surface area (Å²) in [6, 6.07) is 9.21.